The zero-order valence-electron chi connectivity index (χ0n) is 5.79. The van der Waals surface area contributed by atoms with E-state index in [0.29, 0.717) is 0 Å². The van der Waals surface area contributed by atoms with E-state index in [4.69, 9.17) is 0 Å². The number of rotatable bonds is 2. The molecule has 0 rings (SSSR count). The summed E-state index contributed by atoms with van der Waals surface area (Å²) in [4.78, 5) is 0. The summed E-state index contributed by atoms with van der Waals surface area (Å²) >= 11 is 3.42. The van der Waals surface area contributed by atoms with Gasteiger partial charge in [-0.25, -0.2) is 0 Å². The van der Waals surface area contributed by atoms with Crippen molar-refractivity contribution in [1.82, 2.24) is 0 Å². The first-order valence-electron chi connectivity index (χ1n) is 3.00. The lowest BCUT2D eigenvalue weighted by Gasteiger charge is -1.96. The highest BCUT2D eigenvalue weighted by atomic mass is 79.9. The van der Waals surface area contributed by atoms with Gasteiger partial charge in [0, 0.05) is 0 Å². The lowest BCUT2D eigenvalue weighted by Crippen LogP contribution is -1.75. The van der Waals surface area contributed by atoms with Gasteiger partial charge < -0.3 is 0 Å². The normalized spacial score (nSPS) is 13.5. The summed E-state index contributed by atoms with van der Waals surface area (Å²) < 4.78 is 1.29. The van der Waals surface area contributed by atoms with Crippen LogP contribution in [0.1, 0.15) is 33.6 Å². The van der Waals surface area contributed by atoms with Gasteiger partial charge in [0.1, 0.15) is 0 Å². The van der Waals surface area contributed by atoms with Crippen LogP contribution < -0.4 is 0 Å². The Morgan fingerprint density at radius 3 is 2.00 bits per heavy atom. The van der Waals surface area contributed by atoms with Crippen molar-refractivity contribution in [2.24, 2.45) is 0 Å². The Bertz CT molecular complexity index is 88.6. The van der Waals surface area contributed by atoms with Crippen LogP contribution in [-0.2, 0) is 0 Å². The van der Waals surface area contributed by atoms with Gasteiger partial charge in [-0.1, -0.05) is 34.8 Å². The largest absolute Gasteiger partial charge is 0.0651 e. The second-order valence-corrected chi connectivity index (χ2v) is 3.25. The van der Waals surface area contributed by atoms with Crippen molar-refractivity contribution in [2.75, 3.05) is 0 Å². The summed E-state index contributed by atoms with van der Waals surface area (Å²) in [6.45, 7) is 6.44. The van der Waals surface area contributed by atoms with Crippen molar-refractivity contribution in [1.29, 1.82) is 0 Å². The molecule has 0 aliphatic heterocycles. The van der Waals surface area contributed by atoms with Crippen LogP contribution in [0.5, 0.6) is 0 Å². The molecule has 0 bridgehead atoms. The fourth-order valence-corrected chi connectivity index (χ4v) is 0.745. The van der Waals surface area contributed by atoms with Gasteiger partial charge in [0.05, 0.1) is 0 Å². The topological polar surface area (TPSA) is 0 Å². The van der Waals surface area contributed by atoms with Crippen molar-refractivity contribution in [3.63, 3.8) is 0 Å². The Kier molecular flexibility index (Phi) is 4.25. The van der Waals surface area contributed by atoms with Crippen LogP contribution in [-0.4, -0.2) is 0 Å². The van der Waals surface area contributed by atoms with E-state index >= 15 is 0 Å². The van der Waals surface area contributed by atoms with Crippen molar-refractivity contribution in [3.8, 4) is 0 Å². The lowest BCUT2D eigenvalue weighted by molar-refractivity contribution is 0.901. The molecule has 1 heteroatoms. The molecule has 0 aromatic carbocycles. The number of halogens is 1. The van der Waals surface area contributed by atoms with Crippen LogP contribution in [0, 0.1) is 0 Å². The first kappa shape index (κ1) is 8.22. The molecule has 0 saturated heterocycles. The molecular weight excluding hydrogens is 164 g/mol. The zero-order chi connectivity index (χ0) is 6.57. The molecule has 0 radical (unpaired) electrons. The fourth-order valence-electron chi connectivity index (χ4n) is 0.547. The number of allylic oxidation sites excluding steroid dienone is 2. The summed E-state index contributed by atoms with van der Waals surface area (Å²) in [5.41, 5.74) is 1.47. The minimum absolute atomic E-state index is 1.22. The molecule has 0 unspecified atom stereocenters. The van der Waals surface area contributed by atoms with Crippen molar-refractivity contribution in [2.45, 2.75) is 33.6 Å². The molecule has 0 amide bonds. The van der Waals surface area contributed by atoms with Crippen molar-refractivity contribution in [3.05, 3.63) is 10.1 Å². The Hall–Kier alpha value is 0.220. The standard InChI is InChI=1S/C7H13Br/c1-4-5-6(2)7(3)8/h4-5H2,1-3H3/b7-6-. The monoisotopic (exact) mass is 176 g/mol. The van der Waals surface area contributed by atoms with Crippen LogP contribution in [0.4, 0.5) is 0 Å². The van der Waals surface area contributed by atoms with Crippen LogP contribution >= 0.6 is 15.9 Å². The van der Waals surface area contributed by atoms with Gasteiger partial charge >= 0.3 is 0 Å². The third kappa shape index (κ3) is 3.25. The average molecular weight is 177 g/mol. The quantitative estimate of drug-likeness (QED) is 0.605. The molecule has 48 valence electrons. The fraction of sp³-hybridized carbons (Fsp3) is 0.714. The van der Waals surface area contributed by atoms with Gasteiger partial charge in [-0.3, -0.25) is 0 Å². The average Bonchev–Trinajstić information content (AvgIpc) is 1.67. The third-order valence-corrected chi connectivity index (χ3v) is 1.89. The summed E-state index contributed by atoms with van der Waals surface area (Å²) in [5.74, 6) is 0. The second-order valence-electron chi connectivity index (χ2n) is 2.06. The van der Waals surface area contributed by atoms with E-state index in [-0.39, 0.29) is 0 Å². The minimum Gasteiger partial charge on any atom is -0.0651 e. The maximum atomic E-state index is 3.42. The van der Waals surface area contributed by atoms with Gasteiger partial charge in [0.2, 0.25) is 0 Å². The van der Waals surface area contributed by atoms with E-state index in [1.165, 1.54) is 22.9 Å². The molecule has 0 nitrogen and oxygen atoms in total. The molecule has 0 aromatic heterocycles. The molecule has 0 aliphatic rings. The Morgan fingerprint density at radius 1 is 1.38 bits per heavy atom. The summed E-state index contributed by atoms with van der Waals surface area (Å²) in [7, 11) is 0. The summed E-state index contributed by atoms with van der Waals surface area (Å²) in [6, 6.07) is 0. The highest BCUT2D eigenvalue weighted by molar-refractivity contribution is 9.11. The van der Waals surface area contributed by atoms with Crippen LogP contribution in [0.15, 0.2) is 10.1 Å². The summed E-state index contributed by atoms with van der Waals surface area (Å²) in [6.07, 6.45) is 2.46. The van der Waals surface area contributed by atoms with Gasteiger partial charge in [0.15, 0.2) is 0 Å². The summed E-state index contributed by atoms with van der Waals surface area (Å²) in [5, 5.41) is 0. The van der Waals surface area contributed by atoms with Gasteiger partial charge in [-0.15, -0.1) is 0 Å². The SMILES string of the molecule is CCC/C(C)=C(/C)Br. The molecule has 0 heterocycles. The van der Waals surface area contributed by atoms with Crippen molar-refractivity contribution < 1.29 is 0 Å². The smallest absolute Gasteiger partial charge is 0.00912 e. The molecule has 0 saturated carbocycles. The maximum Gasteiger partial charge on any atom is -0.00912 e. The van der Waals surface area contributed by atoms with Crippen LogP contribution in [0.25, 0.3) is 0 Å². The lowest BCUT2D eigenvalue weighted by atomic mass is 10.2. The molecular formula is C7H13Br. The molecule has 0 atom stereocenters. The maximum absolute atomic E-state index is 3.42. The van der Waals surface area contributed by atoms with Crippen molar-refractivity contribution >= 4 is 15.9 Å². The second kappa shape index (κ2) is 4.13. The van der Waals surface area contributed by atoms with Gasteiger partial charge in [0.25, 0.3) is 0 Å². The molecule has 8 heavy (non-hydrogen) atoms. The van der Waals surface area contributed by atoms with E-state index in [2.05, 4.69) is 36.7 Å². The van der Waals surface area contributed by atoms with Crippen LogP contribution in [0.3, 0.4) is 0 Å². The Labute approximate surface area is 60.1 Å². The Morgan fingerprint density at radius 2 is 1.88 bits per heavy atom. The first-order chi connectivity index (χ1) is 3.68. The van der Waals surface area contributed by atoms with Gasteiger partial charge in [-0.05, 0) is 24.8 Å². The van der Waals surface area contributed by atoms with E-state index in [1.807, 2.05) is 0 Å². The first-order valence-corrected chi connectivity index (χ1v) is 3.79. The molecule has 0 N–H and O–H groups in total. The van der Waals surface area contributed by atoms with Gasteiger partial charge in [-0.2, -0.15) is 0 Å². The third-order valence-electron chi connectivity index (χ3n) is 1.21. The zero-order valence-corrected chi connectivity index (χ0v) is 7.38. The molecule has 0 aromatic rings. The predicted molar refractivity (Wildman–Crippen MR) is 42.2 cm³/mol. The Balaban J connectivity index is 3.62. The minimum atomic E-state index is 1.22. The molecule has 0 aliphatic carbocycles. The number of hydrogen-bond donors (Lipinski definition) is 0. The van der Waals surface area contributed by atoms with Crippen LogP contribution in [0.2, 0.25) is 0 Å². The molecule has 0 spiro atoms. The number of hydrogen-bond acceptors (Lipinski definition) is 0. The highest BCUT2D eigenvalue weighted by Crippen LogP contribution is 2.14. The van der Waals surface area contributed by atoms with E-state index in [9.17, 15) is 0 Å². The predicted octanol–water partition coefficient (Wildman–Crippen LogP) is 3.48. The molecule has 0 fully saturated rings. The van der Waals surface area contributed by atoms with E-state index in [1.54, 1.807) is 0 Å². The highest BCUT2D eigenvalue weighted by Gasteiger charge is 1.88. The van der Waals surface area contributed by atoms with E-state index in [0.717, 1.165) is 0 Å². The van der Waals surface area contributed by atoms with E-state index < -0.39 is 0 Å².